The number of carbonyl (C=O) groups excluding carboxylic acids is 1. The van der Waals surface area contributed by atoms with Gasteiger partial charge in [-0.05, 0) is 55.6 Å². The average Bonchev–Trinajstić information content (AvgIpc) is 3.40. The molecule has 0 fully saturated rings. The van der Waals surface area contributed by atoms with Gasteiger partial charge in [-0.3, -0.25) is 10.2 Å². The molecule has 1 amide bonds. The van der Waals surface area contributed by atoms with Gasteiger partial charge in [-0.2, -0.15) is 0 Å². The maximum atomic E-state index is 14.2. The van der Waals surface area contributed by atoms with Crippen molar-refractivity contribution in [2.75, 3.05) is 26.4 Å². The third-order valence-electron chi connectivity index (χ3n) is 6.82. The summed E-state index contributed by atoms with van der Waals surface area (Å²) in [4.78, 5) is 22.2. The number of nitrogens with one attached hydrogen (secondary N) is 2. The second kappa shape index (κ2) is 15.7. The van der Waals surface area contributed by atoms with E-state index in [1.165, 1.54) is 0 Å². The first kappa shape index (κ1) is 31.5. The van der Waals surface area contributed by atoms with Gasteiger partial charge in [0.15, 0.2) is 11.6 Å². The molecule has 3 aromatic rings. The van der Waals surface area contributed by atoms with Gasteiger partial charge in [0.05, 0.1) is 12.7 Å². The second-order valence-corrected chi connectivity index (χ2v) is 10.4. The number of hydrogen-bond acceptors (Lipinski definition) is 8. The van der Waals surface area contributed by atoms with Crippen LogP contribution in [-0.4, -0.2) is 54.9 Å². The first-order valence-corrected chi connectivity index (χ1v) is 14.4. The molecular weight excluding hydrogens is 548 g/mol. The maximum Gasteiger partial charge on any atom is 0.266 e. The predicted octanol–water partition coefficient (Wildman–Crippen LogP) is 5.33. The summed E-state index contributed by atoms with van der Waals surface area (Å²) in [6.45, 7) is 5.45. The van der Waals surface area contributed by atoms with Gasteiger partial charge in [-0.25, -0.2) is 10.4 Å². The van der Waals surface area contributed by atoms with E-state index < -0.39 is 11.6 Å². The molecule has 0 aliphatic carbocycles. The molecule has 3 N–H and O–H groups in total. The van der Waals surface area contributed by atoms with Crippen molar-refractivity contribution in [1.29, 1.82) is 0 Å². The molecule has 0 aromatic heterocycles. The summed E-state index contributed by atoms with van der Waals surface area (Å²) >= 11 is 0. The summed E-state index contributed by atoms with van der Waals surface area (Å²) in [6, 6.07) is 23.9. The molecule has 0 unspecified atom stereocenters. The van der Waals surface area contributed by atoms with Crippen molar-refractivity contribution in [3.63, 3.8) is 0 Å². The number of nitrogens with zero attached hydrogens (tertiary/aromatic N) is 4. The molecule has 1 heterocycles. The Morgan fingerprint density at radius 3 is 2.53 bits per heavy atom. The predicted molar refractivity (Wildman–Crippen MR) is 164 cm³/mol. The van der Waals surface area contributed by atoms with E-state index in [2.05, 4.69) is 20.9 Å². The van der Waals surface area contributed by atoms with E-state index in [9.17, 15) is 10.3 Å². The molecule has 0 bridgehead atoms. The largest absolute Gasteiger partial charge is 0.494 e. The minimum atomic E-state index is -1.45. The maximum absolute atomic E-state index is 14.2. The van der Waals surface area contributed by atoms with Crippen LogP contribution >= 0.6 is 0 Å². The molecular formula is C32H38N6O5. The number of aliphatic hydroxyl groups excluding tert-OH is 1. The van der Waals surface area contributed by atoms with Gasteiger partial charge in [0.25, 0.3) is 5.91 Å². The number of ether oxygens (including phenoxy) is 3. The molecule has 0 radical (unpaired) electrons. The number of azide groups is 1. The number of benzene rings is 3. The molecule has 4 rings (SSSR count). The SMILES string of the molecule is CC(C)OCCCNNC(=O)[C@@]1(Cc2ccccc2)N=C(c2ccc(OCCCO)cc2)O[C@H]1c1ccccc1N=[N+]=[N-]. The molecule has 1 aliphatic heterocycles. The van der Waals surface area contributed by atoms with Crippen molar-refractivity contribution in [3.8, 4) is 5.75 Å². The number of amides is 1. The van der Waals surface area contributed by atoms with Gasteiger partial charge < -0.3 is 19.3 Å². The van der Waals surface area contributed by atoms with E-state index in [0.717, 1.165) is 5.56 Å². The molecule has 43 heavy (non-hydrogen) atoms. The van der Waals surface area contributed by atoms with Crippen LogP contribution in [0, 0.1) is 0 Å². The summed E-state index contributed by atoms with van der Waals surface area (Å²) in [6.07, 6.45) is 0.671. The molecule has 0 saturated carbocycles. The number of carbonyl (C=O) groups is 1. The Morgan fingerprint density at radius 1 is 1.07 bits per heavy atom. The third-order valence-corrected chi connectivity index (χ3v) is 6.82. The normalized spacial score (nSPS) is 17.6. The summed E-state index contributed by atoms with van der Waals surface area (Å²) in [5, 5.41) is 12.9. The lowest BCUT2D eigenvalue weighted by molar-refractivity contribution is -0.130. The van der Waals surface area contributed by atoms with Crippen molar-refractivity contribution in [1.82, 2.24) is 10.9 Å². The van der Waals surface area contributed by atoms with E-state index in [1.807, 2.05) is 62.4 Å². The van der Waals surface area contributed by atoms with E-state index >= 15 is 0 Å². The van der Waals surface area contributed by atoms with Crippen LogP contribution in [0.15, 0.2) is 89.0 Å². The number of hydrazine groups is 1. The van der Waals surface area contributed by atoms with Gasteiger partial charge in [0.1, 0.15) is 5.75 Å². The summed E-state index contributed by atoms with van der Waals surface area (Å²) in [5.74, 6) is 0.528. The quantitative estimate of drug-likeness (QED) is 0.0679. The monoisotopic (exact) mass is 586 g/mol. The highest BCUT2D eigenvalue weighted by atomic mass is 16.5. The molecule has 0 spiro atoms. The zero-order valence-electron chi connectivity index (χ0n) is 24.5. The smallest absolute Gasteiger partial charge is 0.266 e. The zero-order chi connectivity index (χ0) is 30.5. The van der Waals surface area contributed by atoms with Crippen molar-refractivity contribution in [2.45, 2.75) is 50.9 Å². The lowest BCUT2D eigenvalue weighted by Crippen LogP contribution is -2.54. The molecule has 11 heteroatoms. The Morgan fingerprint density at radius 2 is 1.81 bits per heavy atom. The molecule has 226 valence electrons. The van der Waals surface area contributed by atoms with Crippen LogP contribution < -0.4 is 15.6 Å². The highest BCUT2D eigenvalue weighted by molar-refractivity contribution is 6.01. The number of aliphatic imine (C=N–C) groups is 1. The standard InChI is InChI=1S/C32H38N6O5/c1-23(2)41-20-8-18-34-37-31(40)32(22-24-10-4-3-5-11-24)29(27-12-6-7-13-28(27)36-38-33)43-30(35-32)25-14-16-26(17-15-25)42-21-9-19-39/h3-7,10-17,23,29,34,39H,8-9,18-22H2,1-2H3,(H,37,40)/t29-,32-/m0/s1. The van der Waals surface area contributed by atoms with Crippen LogP contribution in [-0.2, 0) is 20.7 Å². The van der Waals surface area contributed by atoms with Crippen molar-refractivity contribution < 1.29 is 24.1 Å². The average molecular weight is 587 g/mol. The van der Waals surface area contributed by atoms with E-state index in [0.29, 0.717) is 55.2 Å². The van der Waals surface area contributed by atoms with Crippen molar-refractivity contribution in [3.05, 3.63) is 106 Å². The van der Waals surface area contributed by atoms with E-state index in [4.69, 9.17) is 24.3 Å². The van der Waals surface area contributed by atoms with Crippen molar-refractivity contribution >= 4 is 17.5 Å². The molecule has 1 aliphatic rings. The summed E-state index contributed by atoms with van der Waals surface area (Å²) in [7, 11) is 0. The van der Waals surface area contributed by atoms with E-state index in [-0.39, 0.29) is 30.9 Å². The molecule has 2 atom stereocenters. The van der Waals surface area contributed by atoms with Gasteiger partial charge >= 0.3 is 0 Å². The fourth-order valence-electron chi connectivity index (χ4n) is 4.75. The Kier molecular flexibility index (Phi) is 11.5. The highest BCUT2D eigenvalue weighted by Crippen LogP contribution is 2.45. The zero-order valence-corrected chi connectivity index (χ0v) is 24.5. The summed E-state index contributed by atoms with van der Waals surface area (Å²) in [5.41, 5.74) is 16.1. The van der Waals surface area contributed by atoms with Crippen LogP contribution in [0.2, 0.25) is 0 Å². The van der Waals surface area contributed by atoms with E-state index in [1.54, 1.807) is 30.3 Å². The second-order valence-electron chi connectivity index (χ2n) is 10.4. The fraction of sp³-hybridized carbons (Fsp3) is 0.375. The van der Waals surface area contributed by atoms with Crippen LogP contribution in [0.4, 0.5) is 5.69 Å². The highest BCUT2D eigenvalue weighted by Gasteiger charge is 2.54. The van der Waals surface area contributed by atoms with Gasteiger partial charge in [0, 0.05) is 54.3 Å². The minimum absolute atomic E-state index is 0.0492. The first-order chi connectivity index (χ1) is 21.0. The van der Waals surface area contributed by atoms with Crippen LogP contribution in [0.3, 0.4) is 0 Å². The fourth-order valence-corrected chi connectivity index (χ4v) is 4.75. The van der Waals surface area contributed by atoms with Gasteiger partial charge in [-0.15, -0.1) is 0 Å². The van der Waals surface area contributed by atoms with Crippen LogP contribution in [0.1, 0.15) is 49.5 Å². The lowest BCUT2D eigenvalue weighted by atomic mass is 9.81. The molecule has 11 nitrogen and oxygen atoms in total. The minimum Gasteiger partial charge on any atom is -0.494 e. The Bertz CT molecular complexity index is 1410. The number of hydrogen-bond donors (Lipinski definition) is 3. The Hall–Kier alpha value is -4.41. The first-order valence-electron chi connectivity index (χ1n) is 14.4. The van der Waals surface area contributed by atoms with Crippen LogP contribution in [0.25, 0.3) is 10.4 Å². The molecule has 3 aromatic carbocycles. The van der Waals surface area contributed by atoms with Gasteiger partial charge in [-0.1, -0.05) is 59.7 Å². The van der Waals surface area contributed by atoms with Gasteiger partial charge in [0.2, 0.25) is 5.90 Å². The van der Waals surface area contributed by atoms with Crippen molar-refractivity contribution in [2.24, 2.45) is 10.1 Å². The topological polar surface area (TPSA) is 150 Å². The van der Waals surface area contributed by atoms with Crippen LogP contribution in [0.5, 0.6) is 5.75 Å². The lowest BCUT2D eigenvalue weighted by Gasteiger charge is -2.31. The number of rotatable bonds is 16. The Labute approximate surface area is 251 Å². The third kappa shape index (κ3) is 8.33. The Balaban J connectivity index is 1.72. The summed E-state index contributed by atoms with van der Waals surface area (Å²) < 4.78 is 17.8. The number of aliphatic hydroxyl groups is 1. The molecule has 0 saturated heterocycles.